The molecular formula is C7H12N2. The minimum atomic E-state index is 0.228. The van der Waals surface area contributed by atoms with Gasteiger partial charge in [-0.2, -0.15) is 10.2 Å². The maximum Gasteiger partial charge on any atom is 0.0383 e. The summed E-state index contributed by atoms with van der Waals surface area (Å²) in [6.07, 6.45) is 2.94. The molecule has 0 spiro atoms. The molecular weight excluding hydrogens is 112 g/mol. The fourth-order valence-corrected chi connectivity index (χ4v) is 1.02. The lowest BCUT2D eigenvalue weighted by Gasteiger charge is -2.20. The van der Waals surface area contributed by atoms with E-state index in [4.69, 9.17) is 0 Å². The van der Waals surface area contributed by atoms with Crippen LogP contribution in [0.3, 0.4) is 0 Å². The molecule has 0 atom stereocenters. The maximum atomic E-state index is 3.91. The molecule has 0 aromatic heterocycles. The van der Waals surface area contributed by atoms with Gasteiger partial charge in [-0.15, -0.1) is 0 Å². The van der Waals surface area contributed by atoms with Crippen molar-refractivity contribution in [3.8, 4) is 0 Å². The Morgan fingerprint density at radius 1 is 1.56 bits per heavy atom. The van der Waals surface area contributed by atoms with Crippen molar-refractivity contribution in [2.75, 3.05) is 0 Å². The standard InChI is InChI=1S/C7H12N2/c1-6-4-7(2,3)5-8-9-6/h5H,4H2,1-3H3. The van der Waals surface area contributed by atoms with Gasteiger partial charge in [-0.25, -0.2) is 0 Å². The van der Waals surface area contributed by atoms with Gasteiger partial charge in [0.25, 0.3) is 0 Å². The highest BCUT2D eigenvalue weighted by molar-refractivity contribution is 5.88. The molecule has 0 saturated heterocycles. The van der Waals surface area contributed by atoms with Crippen LogP contribution in [0, 0.1) is 5.41 Å². The van der Waals surface area contributed by atoms with Crippen LogP contribution in [-0.4, -0.2) is 11.9 Å². The van der Waals surface area contributed by atoms with Crippen LogP contribution in [-0.2, 0) is 0 Å². The molecule has 2 heteroatoms. The summed E-state index contributed by atoms with van der Waals surface area (Å²) in [5.41, 5.74) is 1.36. The second kappa shape index (κ2) is 1.94. The van der Waals surface area contributed by atoms with Gasteiger partial charge in [-0.1, -0.05) is 13.8 Å². The summed E-state index contributed by atoms with van der Waals surface area (Å²) in [5.74, 6) is 0. The van der Waals surface area contributed by atoms with E-state index in [-0.39, 0.29) is 5.41 Å². The van der Waals surface area contributed by atoms with Crippen molar-refractivity contribution in [3.63, 3.8) is 0 Å². The first-order chi connectivity index (χ1) is 4.10. The Morgan fingerprint density at radius 2 is 2.22 bits per heavy atom. The van der Waals surface area contributed by atoms with E-state index in [0.29, 0.717) is 0 Å². The van der Waals surface area contributed by atoms with E-state index in [1.807, 2.05) is 13.1 Å². The molecule has 2 nitrogen and oxygen atoms in total. The second-order valence-electron chi connectivity index (χ2n) is 3.25. The highest BCUT2D eigenvalue weighted by Gasteiger charge is 2.18. The van der Waals surface area contributed by atoms with E-state index in [0.717, 1.165) is 12.1 Å². The predicted octanol–water partition coefficient (Wildman–Crippen LogP) is 1.86. The Labute approximate surface area is 55.7 Å². The largest absolute Gasteiger partial charge is 0.163 e. The molecule has 50 valence electrons. The topological polar surface area (TPSA) is 24.7 Å². The Morgan fingerprint density at radius 3 is 2.56 bits per heavy atom. The Hall–Kier alpha value is -0.660. The van der Waals surface area contributed by atoms with Gasteiger partial charge in [0.15, 0.2) is 0 Å². The minimum absolute atomic E-state index is 0.228. The lowest BCUT2D eigenvalue weighted by atomic mass is 9.88. The highest BCUT2D eigenvalue weighted by atomic mass is 15.2. The SMILES string of the molecule is CC1=NN=CC(C)(C)C1. The molecule has 0 radical (unpaired) electrons. The number of rotatable bonds is 0. The fourth-order valence-electron chi connectivity index (χ4n) is 1.02. The van der Waals surface area contributed by atoms with Gasteiger partial charge in [0.1, 0.15) is 0 Å². The molecule has 1 aliphatic heterocycles. The van der Waals surface area contributed by atoms with Gasteiger partial charge in [0, 0.05) is 17.3 Å². The molecule has 1 heterocycles. The average molecular weight is 124 g/mol. The molecule has 0 saturated carbocycles. The van der Waals surface area contributed by atoms with Gasteiger partial charge >= 0.3 is 0 Å². The van der Waals surface area contributed by atoms with E-state index in [9.17, 15) is 0 Å². The molecule has 0 N–H and O–H groups in total. The summed E-state index contributed by atoms with van der Waals surface area (Å²) >= 11 is 0. The number of hydrogen-bond acceptors (Lipinski definition) is 2. The zero-order chi connectivity index (χ0) is 6.91. The molecule has 0 aromatic rings. The third-order valence-corrected chi connectivity index (χ3v) is 1.35. The summed E-state index contributed by atoms with van der Waals surface area (Å²) in [5, 5.41) is 7.79. The molecule has 1 aliphatic rings. The summed E-state index contributed by atoms with van der Waals surface area (Å²) in [6.45, 7) is 6.33. The molecule has 9 heavy (non-hydrogen) atoms. The van der Waals surface area contributed by atoms with Crippen molar-refractivity contribution < 1.29 is 0 Å². The van der Waals surface area contributed by atoms with Gasteiger partial charge in [-0.3, -0.25) is 0 Å². The molecule has 0 fully saturated rings. The van der Waals surface area contributed by atoms with Crippen molar-refractivity contribution in [1.29, 1.82) is 0 Å². The molecule has 0 bridgehead atoms. The van der Waals surface area contributed by atoms with Crippen LogP contribution in [0.2, 0.25) is 0 Å². The lowest BCUT2D eigenvalue weighted by Crippen LogP contribution is -2.19. The summed E-state index contributed by atoms with van der Waals surface area (Å²) in [7, 11) is 0. The third kappa shape index (κ3) is 1.63. The van der Waals surface area contributed by atoms with Crippen LogP contribution in [0.1, 0.15) is 27.2 Å². The van der Waals surface area contributed by atoms with Crippen LogP contribution < -0.4 is 0 Å². The quantitative estimate of drug-likeness (QED) is 0.471. The normalized spacial score (nSPS) is 23.7. The average Bonchev–Trinajstić information content (AvgIpc) is 1.60. The zero-order valence-corrected chi connectivity index (χ0v) is 6.18. The van der Waals surface area contributed by atoms with Crippen LogP contribution in [0.4, 0.5) is 0 Å². The van der Waals surface area contributed by atoms with Gasteiger partial charge in [0.2, 0.25) is 0 Å². The predicted molar refractivity (Wildman–Crippen MR) is 40.0 cm³/mol. The van der Waals surface area contributed by atoms with Crippen molar-refractivity contribution in [3.05, 3.63) is 0 Å². The summed E-state index contributed by atoms with van der Waals surface area (Å²) in [6, 6.07) is 0. The summed E-state index contributed by atoms with van der Waals surface area (Å²) < 4.78 is 0. The molecule has 0 aliphatic carbocycles. The molecule has 1 rings (SSSR count). The number of hydrogen-bond donors (Lipinski definition) is 0. The zero-order valence-electron chi connectivity index (χ0n) is 6.18. The minimum Gasteiger partial charge on any atom is -0.163 e. The van der Waals surface area contributed by atoms with Crippen molar-refractivity contribution >= 4 is 11.9 Å². The van der Waals surface area contributed by atoms with E-state index < -0.39 is 0 Å². The second-order valence-corrected chi connectivity index (χ2v) is 3.25. The van der Waals surface area contributed by atoms with Crippen molar-refractivity contribution in [2.24, 2.45) is 15.6 Å². The fraction of sp³-hybridized carbons (Fsp3) is 0.714. The molecule has 0 amide bonds. The first kappa shape index (κ1) is 6.46. The molecule has 0 aromatic carbocycles. The Balaban J connectivity index is 2.73. The first-order valence-corrected chi connectivity index (χ1v) is 3.18. The smallest absolute Gasteiger partial charge is 0.0383 e. The van der Waals surface area contributed by atoms with Crippen molar-refractivity contribution in [1.82, 2.24) is 0 Å². The number of nitrogens with zero attached hydrogens (tertiary/aromatic N) is 2. The Bertz CT molecular complexity index is 166. The van der Waals surface area contributed by atoms with Crippen LogP contribution in [0.5, 0.6) is 0 Å². The van der Waals surface area contributed by atoms with Gasteiger partial charge in [0.05, 0.1) is 0 Å². The first-order valence-electron chi connectivity index (χ1n) is 3.18. The monoisotopic (exact) mass is 124 g/mol. The highest BCUT2D eigenvalue weighted by Crippen LogP contribution is 2.20. The van der Waals surface area contributed by atoms with E-state index >= 15 is 0 Å². The van der Waals surface area contributed by atoms with Gasteiger partial charge < -0.3 is 0 Å². The van der Waals surface area contributed by atoms with E-state index in [2.05, 4.69) is 24.1 Å². The van der Waals surface area contributed by atoms with Crippen LogP contribution >= 0.6 is 0 Å². The third-order valence-electron chi connectivity index (χ3n) is 1.35. The van der Waals surface area contributed by atoms with Crippen molar-refractivity contribution in [2.45, 2.75) is 27.2 Å². The maximum absolute atomic E-state index is 3.91. The Kier molecular flexibility index (Phi) is 1.39. The summed E-state index contributed by atoms with van der Waals surface area (Å²) in [4.78, 5) is 0. The van der Waals surface area contributed by atoms with E-state index in [1.54, 1.807) is 0 Å². The lowest BCUT2D eigenvalue weighted by molar-refractivity contribution is 0.551. The van der Waals surface area contributed by atoms with E-state index in [1.165, 1.54) is 0 Å². The van der Waals surface area contributed by atoms with Crippen LogP contribution in [0.25, 0.3) is 0 Å². The molecule has 0 unspecified atom stereocenters. The van der Waals surface area contributed by atoms with Crippen LogP contribution in [0.15, 0.2) is 10.2 Å². The van der Waals surface area contributed by atoms with Gasteiger partial charge in [-0.05, 0) is 13.3 Å².